The Hall–Kier alpha value is -2.56. The van der Waals surface area contributed by atoms with Crippen molar-refractivity contribution in [3.05, 3.63) is 54.0 Å². The molecule has 5 nitrogen and oxygen atoms in total. The molecular weight excluding hydrogens is 288 g/mol. The first kappa shape index (κ1) is 14.1. The molecule has 3 heterocycles. The van der Waals surface area contributed by atoms with Crippen LogP contribution in [0.15, 0.2) is 42.9 Å². The van der Waals surface area contributed by atoms with Crippen molar-refractivity contribution in [1.82, 2.24) is 19.2 Å². The van der Waals surface area contributed by atoms with Crippen molar-refractivity contribution >= 4 is 16.8 Å². The Morgan fingerprint density at radius 2 is 2.04 bits per heavy atom. The molecule has 1 saturated heterocycles. The third-order valence-corrected chi connectivity index (χ3v) is 4.75. The largest absolute Gasteiger partial charge is 0.350 e. The highest BCUT2D eigenvalue weighted by atomic mass is 16.2. The summed E-state index contributed by atoms with van der Waals surface area (Å²) in [5.41, 5.74) is 3.01. The highest BCUT2D eigenvalue weighted by Crippen LogP contribution is 2.34. The highest BCUT2D eigenvalue weighted by molar-refractivity contribution is 6.07. The fourth-order valence-corrected chi connectivity index (χ4v) is 3.64. The van der Waals surface area contributed by atoms with Gasteiger partial charge in [-0.2, -0.15) is 5.10 Å². The zero-order valence-corrected chi connectivity index (χ0v) is 13.4. The number of para-hydroxylation sites is 1. The van der Waals surface area contributed by atoms with E-state index in [9.17, 15) is 4.79 Å². The minimum atomic E-state index is 0.119. The van der Waals surface area contributed by atoms with Gasteiger partial charge in [0.1, 0.15) is 0 Å². The van der Waals surface area contributed by atoms with E-state index in [-0.39, 0.29) is 11.9 Å². The van der Waals surface area contributed by atoms with E-state index in [1.54, 1.807) is 4.68 Å². The lowest BCUT2D eigenvalue weighted by atomic mass is 10.1. The Balaban J connectivity index is 1.72. The lowest BCUT2D eigenvalue weighted by molar-refractivity contribution is 0.0737. The third-order valence-electron chi connectivity index (χ3n) is 4.75. The summed E-state index contributed by atoms with van der Waals surface area (Å²) < 4.78 is 3.83. The fourth-order valence-electron chi connectivity index (χ4n) is 3.64. The van der Waals surface area contributed by atoms with Gasteiger partial charge in [-0.3, -0.25) is 9.48 Å². The average molecular weight is 308 g/mol. The predicted octanol–water partition coefficient (Wildman–Crippen LogP) is 2.89. The fraction of sp³-hybridized carbons (Fsp3) is 0.333. The lowest BCUT2D eigenvalue weighted by Gasteiger charge is -2.23. The molecule has 5 heteroatoms. The minimum Gasteiger partial charge on any atom is -0.350 e. The number of hydrogen-bond acceptors (Lipinski definition) is 2. The predicted molar refractivity (Wildman–Crippen MR) is 89.1 cm³/mol. The minimum absolute atomic E-state index is 0.119. The van der Waals surface area contributed by atoms with Crippen LogP contribution in [0.3, 0.4) is 0 Å². The van der Waals surface area contributed by atoms with Crippen LogP contribution in [0.5, 0.6) is 0 Å². The molecule has 0 bridgehead atoms. The zero-order chi connectivity index (χ0) is 16.0. The molecule has 0 spiro atoms. The first-order valence-corrected chi connectivity index (χ1v) is 7.99. The second-order valence-electron chi connectivity index (χ2n) is 6.27. The van der Waals surface area contributed by atoms with E-state index >= 15 is 0 Å². The maximum absolute atomic E-state index is 13.2. The second-order valence-corrected chi connectivity index (χ2v) is 6.27. The van der Waals surface area contributed by atoms with Gasteiger partial charge in [0.15, 0.2) is 0 Å². The smallest absolute Gasteiger partial charge is 0.256 e. The van der Waals surface area contributed by atoms with Crippen LogP contribution in [0.4, 0.5) is 0 Å². The van der Waals surface area contributed by atoms with Crippen LogP contribution in [0.2, 0.25) is 0 Å². The molecule has 0 aliphatic carbocycles. The molecule has 118 valence electrons. The molecule has 1 unspecified atom stereocenters. The Bertz CT molecular complexity index is 876. The summed E-state index contributed by atoms with van der Waals surface area (Å²) in [4.78, 5) is 15.1. The summed E-state index contributed by atoms with van der Waals surface area (Å²) in [5.74, 6) is 0.119. The summed E-state index contributed by atoms with van der Waals surface area (Å²) in [7, 11) is 3.90. The quantitative estimate of drug-likeness (QED) is 0.730. The number of rotatable bonds is 2. The summed E-state index contributed by atoms with van der Waals surface area (Å²) in [5, 5.41) is 5.28. The maximum Gasteiger partial charge on any atom is 0.256 e. The van der Waals surface area contributed by atoms with Gasteiger partial charge in [-0.15, -0.1) is 0 Å². The molecule has 4 rings (SSSR count). The number of benzene rings is 1. The molecule has 3 aromatic rings. The van der Waals surface area contributed by atoms with E-state index in [4.69, 9.17) is 0 Å². The highest BCUT2D eigenvalue weighted by Gasteiger charge is 2.32. The number of nitrogens with zero attached hydrogens (tertiary/aromatic N) is 4. The first-order chi connectivity index (χ1) is 11.1. The summed E-state index contributed by atoms with van der Waals surface area (Å²) in [6.45, 7) is 0.807. The Morgan fingerprint density at radius 1 is 1.22 bits per heavy atom. The van der Waals surface area contributed by atoms with Gasteiger partial charge in [0.25, 0.3) is 5.91 Å². The Morgan fingerprint density at radius 3 is 2.83 bits per heavy atom. The SMILES string of the molecule is Cn1cc(C2CCCN2C(=O)c2cn(C)c3ccccc23)cn1. The zero-order valence-electron chi connectivity index (χ0n) is 13.4. The Labute approximate surface area is 135 Å². The molecule has 1 amide bonds. The normalized spacial score (nSPS) is 18.0. The molecule has 1 aliphatic rings. The van der Waals surface area contributed by atoms with Crippen LogP contribution < -0.4 is 0 Å². The van der Waals surface area contributed by atoms with Gasteiger partial charge in [-0.1, -0.05) is 18.2 Å². The van der Waals surface area contributed by atoms with Crippen LogP contribution in [-0.2, 0) is 14.1 Å². The van der Waals surface area contributed by atoms with E-state index in [2.05, 4.69) is 11.2 Å². The molecule has 1 aromatic carbocycles. The van der Waals surface area contributed by atoms with Gasteiger partial charge in [0, 0.05) is 49.5 Å². The number of hydrogen-bond donors (Lipinski definition) is 0. The summed E-state index contributed by atoms with van der Waals surface area (Å²) in [6, 6.07) is 8.20. The van der Waals surface area contributed by atoms with Gasteiger partial charge in [0.05, 0.1) is 17.8 Å². The number of amides is 1. The van der Waals surface area contributed by atoms with Crippen LogP contribution in [-0.4, -0.2) is 31.7 Å². The van der Waals surface area contributed by atoms with E-state index in [1.165, 1.54) is 0 Å². The number of carbonyl (C=O) groups excluding carboxylic acids is 1. The molecular formula is C18H20N4O. The van der Waals surface area contributed by atoms with Gasteiger partial charge < -0.3 is 9.47 Å². The lowest BCUT2D eigenvalue weighted by Crippen LogP contribution is -2.30. The molecule has 1 aliphatic heterocycles. The molecule has 0 saturated carbocycles. The molecule has 1 atom stereocenters. The number of carbonyl (C=O) groups is 1. The van der Waals surface area contributed by atoms with E-state index in [0.717, 1.165) is 41.4 Å². The number of fused-ring (bicyclic) bond motifs is 1. The van der Waals surface area contributed by atoms with E-state index in [0.29, 0.717) is 0 Å². The first-order valence-electron chi connectivity index (χ1n) is 7.99. The van der Waals surface area contributed by atoms with Crippen LogP contribution in [0, 0.1) is 0 Å². The molecule has 1 fully saturated rings. The summed E-state index contributed by atoms with van der Waals surface area (Å²) >= 11 is 0. The number of aryl methyl sites for hydroxylation is 2. The number of aromatic nitrogens is 3. The van der Waals surface area contributed by atoms with Crippen LogP contribution in [0.1, 0.15) is 34.8 Å². The average Bonchev–Trinajstić information content (AvgIpc) is 3.26. The van der Waals surface area contributed by atoms with Crippen molar-refractivity contribution in [2.24, 2.45) is 14.1 Å². The standard InChI is InChI=1S/C18H20N4O/c1-20-12-15(14-6-3-4-7-17(14)20)18(23)22-9-5-8-16(22)13-10-19-21(2)11-13/h3-4,6-7,10-12,16H,5,8-9H2,1-2H3. The maximum atomic E-state index is 13.2. The van der Waals surface area contributed by atoms with Crippen LogP contribution >= 0.6 is 0 Å². The third kappa shape index (κ3) is 2.23. The molecule has 2 aromatic heterocycles. The number of likely N-dealkylation sites (tertiary alicyclic amines) is 1. The van der Waals surface area contributed by atoms with E-state index in [1.807, 2.05) is 60.4 Å². The van der Waals surface area contributed by atoms with Gasteiger partial charge in [0.2, 0.25) is 0 Å². The summed E-state index contributed by atoms with van der Waals surface area (Å²) in [6.07, 6.45) is 7.88. The van der Waals surface area contributed by atoms with Crippen LogP contribution in [0.25, 0.3) is 10.9 Å². The van der Waals surface area contributed by atoms with Crippen molar-refractivity contribution < 1.29 is 4.79 Å². The molecule has 23 heavy (non-hydrogen) atoms. The van der Waals surface area contributed by atoms with Crippen molar-refractivity contribution in [2.75, 3.05) is 6.54 Å². The Kier molecular flexibility index (Phi) is 3.22. The van der Waals surface area contributed by atoms with Crippen molar-refractivity contribution in [3.63, 3.8) is 0 Å². The van der Waals surface area contributed by atoms with E-state index < -0.39 is 0 Å². The van der Waals surface area contributed by atoms with Crippen molar-refractivity contribution in [3.8, 4) is 0 Å². The van der Waals surface area contributed by atoms with Gasteiger partial charge in [-0.25, -0.2) is 0 Å². The topological polar surface area (TPSA) is 43.1 Å². The van der Waals surface area contributed by atoms with Gasteiger partial charge >= 0.3 is 0 Å². The van der Waals surface area contributed by atoms with Crippen molar-refractivity contribution in [2.45, 2.75) is 18.9 Å². The van der Waals surface area contributed by atoms with Gasteiger partial charge in [-0.05, 0) is 18.9 Å². The molecule has 0 N–H and O–H groups in total. The van der Waals surface area contributed by atoms with Crippen molar-refractivity contribution in [1.29, 1.82) is 0 Å². The monoisotopic (exact) mass is 308 g/mol. The second kappa shape index (κ2) is 5.26. The molecule has 0 radical (unpaired) electrons.